The topological polar surface area (TPSA) is 149 Å². The minimum absolute atomic E-state index is 0.0669. The molecule has 0 amide bonds. The van der Waals surface area contributed by atoms with Crippen LogP contribution in [0.4, 0.5) is 0 Å². The van der Waals surface area contributed by atoms with E-state index in [1.54, 1.807) is 0 Å². The molecule has 1 unspecified atom stereocenters. The van der Waals surface area contributed by atoms with Gasteiger partial charge in [-0.05, 0) is 106 Å². The van der Waals surface area contributed by atoms with Crippen molar-refractivity contribution in [1.82, 2.24) is 0 Å². The molecule has 0 heterocycles. The Hall–Kier alpha value is -1.64. The largest absolute Gasteiger partial charge is 0.481 e. The highest BCUT2D eigenvalue weighted by atomic mass is 16.4. The molecular weight excluding hydrogens is 488 g/mol. The van der Waals surface area contributed by atoms with Crippen molar-refractivity contribution in [3.8, 4) is 0 Å². The zero-order valence-electron chi connectivity index (χ0n) is 23.6. The number of carboxylic acids is 1. The van der Waals surface area contributed by atoms with E-state index in [0.29, 0.717) is 12.8 Å². The maximum absolute atomic E-state index is 13.6. The van der Waals surface area contributed by atoms with Crippen LogP contribution in [0, 0.1) is 57.7 Å². The van der Waals surface area contributed by atoms with Gasteiger partial charge >= 0.3 is 5.97 Å². The molecule has 0 saturated heterocycles. The number of carbonyl (C=O) groups excluding carboxylic acids is 3. The number of carboxylic acid groups (broad SMARTS) is 1. The summed E-state index contributed by atoms with van der Waals surface area (Å²) in [5.74, 6) is -4.18. The number of fused-ring (bicyclic) bond motifs is 5. The quantitative estimate of drug-likeness (QED) is 0.364. The van der Waals surface area contributed by atoms with Crippen molar-refractivity contribution < 1.29 is 39.6 Å². The van der Waals surface area contributed by atoms with Gasteiger partial charge in [0.05, 0.1) is 24.2 Å². The van der Waals surface area contributed by atoms with Gasteiger partial charge < -0.3 is 20.4 Å². The number of hydrogen-bond acceptors (Lipinski definition) is 7. The molecule has 8 nitrogen and oxygen atoms in total. The van der Waals surface area contributed by atoms with Gasteiger partial charge in [0.15, 0.2) is 0 Å². The first-order chi connectivity index (χ1) is 17.6. The summed E-state index contributed by atoms with van der Waals surface area (Å²) < 4.78 is 0. The van der Waals surface area contributed by atoms with Crippen LogP contribution in [-0.4, -0.2) is 62.1 Å². The number of Topliss-reactive ketones (excluding diaryl/α,β-unsaturated/α-hetero) is 3. The van der Waals surface area contributed by atoms with Crippen molar-refractivity contribution in [2.75, 3.05) is 0 Å². The molecule has 0 spiro atoms. The summed E-state index contributed by atoms with van der Waals surface area (Å²) >= 11 is 0. The number of hydrogen-bond donors (Lipinski definition) is 4. The molecule has 0 aromatic carbocycles. The van der Waals surface area contributed by atoms with Gasteiger partial charge in [0.25, 0.3) is 0 Å². The van der Waals surface area contributed by atoms with Crippen molar-refractivity contribution in [1.29, 1.82) is 0 Å². The van der Waals surface area contributed by atoms with Gasteiger partial charge in [0.2, 0.25) is 0 Å². The highest BCUT2D eigenvalue weighted by Gasteiger charge is 2.75. The molecule has 0 aliphatic heterocycles. The van der Waals surface area contributed by atoms with Crippen LogP contribution in [0.25, 0.3) is 0 Å². The van der Waals surface area contributed by atoms with Crippen LogP contribution in [0.1, 0.15) is 86.5 Å². The number of aliphatic hydroxyl groups excluding tert-OH is 3. The molecule has 4 saturated carbocycles. The molecule has 8 heteroatoms. The highest BCUT2D eigenvalue weighted by Crippen LogP contribution is 2.72. The molecule has 0 radical (unpaired) electrons. The Morgan fingerprint density at radius 3 is 1.97 bits per heavy atom. The van der Waals surface area contributed by atoms with E-state index in [0.717, 1.165) is 12.8 Å². The minimum Gasteiger partial charge on any atom is -0.481 e. The van der Waals surface area contributed by atoms with Crippen molar-refractivity contribution in [2.45, 2.75) is 105 Å². The second-order valence-electron chi connectivity index (χ2n) is 13.6. The Bertz CT molecular complexity index is 992. The zero-order chi connectivity index (χ0) is 28.5. The Morgan fingerprint density at radius 2 is 1.45 bits per heavy atom. The summed E-state index contributed by atoms with van der Waals surface area (Å²) in [5, 5.41) is 43.9. The highest BCUT2D eigenvalue weighted by molar-refractivity contribution is 6.10. The minimum atomic E-state index is -1.73. The first-order valence-electron chi connectivity index (χ1n) is 14.4. The fraction of sp³-hybridized carbons (Fsp3) is 0.867. The summed E-state index contributed by atoms with van der Waals surface area (Å²) in [4.78, 5) is 51.5. The first-order valence-corrected chi connectivity index (χ1v) is 14.4. The molecule has 12 atom stereocenters. The van der Waals surface area contributed by atoms with Gasteiger partial charge in [-0.1, -0.05) is 20.8 Å². The standard InChI is InChI=1S/C30H46O8/c1-14(7-10-25(37)38)19-8-9-20-26-21(13-24(36)28(19,20)5)29(6)18(11-22(26)34)12-23(35)27(15(2)31)30(29,16(3)32)17(4)33/h14,18-24,26-27,34-36H,7-13H2,1-6H3,(H,37,38)/t14-,18-,19-,20+,21+,22-,23+,24+,26+,27?,28-,29+/m1/s1. The number of carbonyl (C=O) groups is 4. The summed E-state index contributed by atoms with van der Waals surface area (Å²) in [7, 11) is 0. The Morgan fingerprint density at radius 1 is 0.868 bits per heavy atom. The Balaban J connectivity index is 1.83. The van der Waals surface area contributed by atoms with Gasteiger partial charge in [-0.15, -0.1) is 0 Å². The third kappa shape index (κ3) is 3.72. The first kappa shape index (κ1) is 29.3. The second kappa shape index (κ2) is 9.77. The van der Waals surface area contributed by atoms with Crippen LogP contribution < -0.4 is 0 Å². The van der Waals surface area contributed by atoms with Crippen LogP contribution >= 0.6 is 0 Å². The van der Waals surface area contributed by atoms with Gasteiger partial charge in [-0.3, -0.25) is 19.2 Å². The Kier molecular flexibility index (Phi) is 7.55. The van der Waals surface area contributed by atoms with Crippen LogP contribution in [0.15, 0.2) is 0 Å². The molecule has 0 bridgehead atoms. The fourth-order valence-corrected chi connectivity index (χ4v) is 10.9. The Labute approximate surface area is 225 Å². The molecular formula is C30H46O8. The molecule has 4 N–H and O–H groups in total. The molecule has 214 valence electrons. The lowest BCUT2D eigenvalue weighted by molar-refractivity contribution is -0.249. The third-order valence-electron chi connectivity index (χ3n) is 12.4. The average molecular weight is 535 g/mol. The van der Waals surface area contributed by atoms with E-state index in [2.05, 4.69) is 6.92 Å². The van der Waals surface area contributed by atoms with E-state index in [-0.39, 0.29) is 60.6 Å². The summed E-state index contributed by atoms with van der Waals surface area (Å²) in [6, 6.07) is 0. The van der Waals surface area contributed by atoms with E-state index in [9.17, 15) is 39.6 Å². The lowest BCUT2D eigenvalue weighted by atomic mass is 9.34. The summed E-state index contributed by atoms with van der Waals surface area (Å²) in [6.45, 7) is 10.0. The van der Waals surface area contributed by atoms with Gasteiger partial charge in [-0.25, -0.2) is 0 Å². The second-order valence-corrected chi connectivity index (χ2v) is 13.6. The van der Waals surface area contributed by atoms with E-state index < -0.39 is 58.0 Å². The maximum Gasteiger partial charge on any atom is 0.303 e. The number of aliphatic hydroxyl groups is 3. The van der Waals surface area contributed by atoms with Gasteiger partial charge in [0, 0.05) is 6.42 Å². The van der Waals surface area contributed by atoms with Crippen LogP contribution in [0.5, 0.6) is 0 Å². The predicted molar refractivity (Wildman–Crippen MR) is 139 cm³/mol. The van der Waals surface area contributed by atoms with Gasteiger partial charge in [-0.2, -0.15) is 0 Å². The smallest absolute Gasteiger partial charge is 0.303 e. The lowest BCUT2D eigenvalue weighted by Crippen LogP contribution is -2.73. The van der Waals surface area contributed by atoms with E-state index >= 15 is 0 Å². The zero-order valence-corrected chi connectivity index (χ0v) is 23.6. The van der Waals surface area contributed by atoms with Crippen molar-refractivity contribution in [2.24, 2.45) is 57.7 Å². The molecule has 0 aromatic rings. The summed E-state index contributed by atoms with van der Waals surface area (Å²) in [6.07, 6.45) is 0.337. The molecule has 4 aliphatic rings. The molecule has 38 heavy (non-hydrogen) atoms. The monoisotopic (exact) mass is 534 g/mol. The van der Waals surface area contributed by atoms with Crippen molar-refractivity contribution in [3.05, 3.63) is 0 Å². The van der Waals surface area contributed by atoms with E-state index in [1.165, 1.54) is 20.8 Å². The number of aliphatic carboxylic acids is 1. The van der Waals surface area contributed by atoms with Crippen LogP contribution in [0.2, 0.25) is 0 Å². The lowest BCUT2D eigenvalue weighted by Gasteiger charge is -2.69. The molecule has 4 fully saturated rings. The SMILES string of the molecule is CC(=O)C1[C@@H](O)C[C@H]2C[C@@H](O)[C@H]3[C@@H]4CC[C@H]([C@H](C)CCC(=O)O)[C@@]4(C)[C@@H](O)C[C@@H]3[C@@]2(C)C1(C(C)=O)C(C)=O. The van der Waals surface area contributed by atoms with Gasteiger partial charge in [0.1, 0.15) is 22.8 Å². The van der Waals surface area contributed by atoms with Crippen molar-refractivity contribution in [3.63, 3.8) is 0 Å². The maximum atomic E-state index is 13.6. The van der Waals surface area contributed by atoms with Crippen LogP contribution in [-0.2, 0) is 19.2 Å². The van der Waals surface area contributed by atoms with Crippen molar-refractivity contribution >= 4 is 23.3 Å². The normalized spacial score (nSPS) is 46.3. The molecule has 0 aromatic heterocycles. The average Bonchev–Trinajstić information content (AvgIpc) is 3.16. The van der Waals surface area contributed by atoms with E-state index in [1.807, 2.05) is 13.8 Å². The summed E-state index contributed by atoms with van der Waals surface area (Å²) in [5.41, 5.74) is -3.28. The van der Waals surface area contributed by atoms with E-state index in [4.69, 9.17) is 0 Å². The third-order valence-corrected chi connectivity index (χ3v) is 12.4. The van der Waals surface area contributed by atoms with Crippen LogP contribution in [0.3, 0.4) is 0 Å². The molecule has 4 rings (SSSR count). The number of rotatable bonds is 7. The fourth-order valence-electron chi connectivity index (χ4n) is 10.9. The number of ketones is 3. The molecule has 4 aliphatic carbocycles. The predicted octanol–water partition coefficient (Wildman–Crippen LogP) is 3.04.